The van der Waals surface area contributed by atoms with Crippen molar-refractivity contribution in [2.45, 2.75) is 13.0 Å². The molecular weight excluding hydrogens is 424 g/mol. The molecule has 0 spiro atoms. The zero-order valence-corrected chi connectivity index (χ0v) is 17.9. The first-order valence-electron chi connectivity index (χ1n) is 9.98. The molecule has 0 amide bonds. The van der Waals surface area contributed by atoms with E-state index in [4.69, 9.17) is 17.3 Å². The molecule has 9 heteroatoms. The lowest BCUT2D eigenvalue weighted by Gasteiger charge is -2.14. The van der Waals surface area contributed by atoms with Crippen molar-refractivity contribution in [3.63, 3.8) is 0 Å². The van der Waals surface area contributed by atoms with Crippen molar-refractivity contribution in [3.8, 4) is 17.1 Å². The Kier molecular flexibility index (Phi) is 5.12. The molecule has 1 atom stereocenters. The average Bonchev–Trinajstić information content (AvgIpc) is 3.25. The van der Waals surface area contributed by atoms with E-state index >= 15 is 0 Å². The lowest BCUT2D eigenvalue weighted by molar-refractivity contribution is 0.854. The monoisotopic (exact) mass is 442 g/mol. The SMILES string of the molecule is C[C@H](Nc1nccc(-n2cnc3cc(-c4ncnc(Cl)c4N)ccc32)n1)c1ccccc1. The number of rotatable bonds is 5. The van der Waals surface area contributed by atoms with Crippen LogP contribution in [-0.2, 0) is 0 Å². The Labute approximate surface area is 189 Å². The number of fused-ring (bicyclic) bond motifs is 1. The predicted octanol–water partition coefficient (Wildman–Crippen LogP) is 4.68. The highest BCUT2D eigenvalue weighted by Crippen LogP contribution is 2.30. The molecule has 3 heterocycles. The van der Waals surface area contributed by atoms with Crippen LogP contribution in [-0.4, -0.2) is 29.5 Å². The van der Waals surface area contributed by atoms with E-state index in [1.807, 2.05) is 47.0 Å². The summed E-state index contributed by atoms with van der Waals surface area (Å²) in [6, 6.07) is 17.9. The van der Waals surface area contributed by atoms with Crippen LogP contribution in [0.2, 0.25) is 5.15 Å². The van der Waals surface area contributed by atoms with Crippen LogP contribution < -0.4 is 11.1 Å². The number of nitrogens with one attached hydrogen (secondary N) is 1. The molecule has 0 fully saturated rings. The van der Waals surface area contributed by atoms with Crippen LogP contribution >= 0.6 is 11.6 Å². The van der Waals surface area contributed by atoms with Crippen molar-refractivity contribution >= 4 is 34.3 Å². The minimum absolute atomic E-state index is 0.0682. The van der Waals surface area contributed by atoms with E-state index < -0.39 is 0 Å². The van der Waals surface area contributed by atoms with Crippen molar-refractivity contribution in [1.29, 1.82) is 0 Å². The standard InChI is InChI=1S/C23H19ClN8/c1-14(15-5-3-2-4-6-15)30-23-26-10-9-19(31-23)32-13-29-17-11-16(7-8-18(17)32)21-20(25)22(24)28-12-27-21/h2-14H,25H2,1H3,(H,26,30,31)/t14-/m0/s1. The summed E-state index contributed by atoms with van der Waals surface area (Å²) in [7, 11) is 0. The van der Waals surface area contributed by atoms with Crippen molar-refractivity contribution in [2.75, 3.05) is 11.1 Å². The molecule has 3 N–H and O–H groups in total. The van der Waals surface area contributed by atoms with Crippen LogP contribution in [0.1, 0.15) is 18.5 Å². The highest BCUT2D eigenvalue weighted by atomic mass is 35.5. The van der Waals surface area contributed by atoms with Crippen LogP contribution in [0.15, 0.2) is 73.4 Å². The molecular formula is C23H19ClN8. The van der Waals surface area contributed by atoms with Crippen LogP contribution in [0.4, 0.5) is 11.6 Å². The topological polar surface area (TPSA) is 107 Å². The second-order valence-corrected chi connectivity index (χ2v) is 7.62. The smallest absolute Gasteiger partial charge is 0.225 e. The fourth-order valence-corrected chi connectivity index (χ4v) is 3.65. The zero-order valence-electron chi connectivity index (χ0n) is 17.1. The Bertz CT molecular complexity index is 1400. The summed E-state index contributed by atoms with van der Waals surface area (Å²) in [5.41, 5.74) is 10.6. The average molecular weight is 443 g/mol. The van der Waals surface area contributed by atoms with E-state index in [2.05, 4.69) is 49.3 Å². The highest BCUT2D eigenvalue weighted by molar-refractivity contribution is 6.32. The number of hydrogen-bond donors (Lipinski definition) is 2. The van der Waals surface area contributed by atoms with Crippen LogP contribution in [0.5, 0.6) is 0 Å². The predicted molar refractivity (Wildman–Crippen MR) is 126 cm³/mol. The van der Waals surface area contributed by atoms with Crippen molar-refractivity contribution in [2.24, 2.45) is 0 Å². The maximum Gasteiger partial charge on any atom is 0.225 e. The minimum Gasteiger partial charge on any atom is -0.394 e. The van der Waals surface area contributed by atoms with Gasteiger partial charge in [-0.2, -0.15) is 4.98 Å². The molecule has 0 unspecified atom stereocenters. The zero-order chi connectivity index (χ0) is 22.1. The first-order chi connectivity index (χ1) is 15.6. The third-order valence-electron chi connectivity index (χ3n) is 5.19. The molecule has 2 aromatic carbocycles. The molecule has 5 aromatic rings. The number of aromatic nitrogens is 6. The molecule has 0 aliphatic heterocycles. The molecule has 0 aliphatic rings. The second-order valence-electron chi connectivity index (χ2n) is 7.26. The molecule has 3 aromatic heterocycles. The van der Waals surface area contributed by atoms with Gasteiger partial charge in [-0.05, 0) is 30.7 Å². The fraction of sp³-hybridized carbons (Fsp3) is 0.0870. The van der Waals surface area contributed by atoms with Gasteiger partial charge in [0, 0.05) is 11.8 Å². The third-order valence-corrected chi connectivity index (χ3v) is 5.49. The molecule has 158 valence electrons. The van der Waals surface area contributed by atoms with Gasteiger partial charge in [-0.15, -0.1) is 0 Å². The molecule has 0 bridgehead atoms. The number of imidazole rings is 1. The van der Waals surface area contributed by atoms with E-state index in [-0.39, 0.29) is 11.2 Å². The number of nitrogens with two attached hydrogens (primary N) is 1. The lowest BCUT2D eigenvalue weighted by Crippen LogP contribution is -2.10. The first-order valence-corrected chi connectivity index (χ1v) is 10.4. The van der Waals surface area contributed by atoms with Gasteiger partial charge in [0.2, 0.25) is 5.95 Å². The molecule has 0 saturated heterocycles. The largest absolute Gasteiger partial charge is 0.394 e. The van der Waals surface area contributed by atoms with Gasteiger partial charge >= 0.3 is 0 Å². The molecule has 0 saturated carbocycles. The Morgan fingerprint density at radius 1 is 1.00 bits per heavy atom. The maximum absolute atomic E-state index is 6.05. The summed E-state index contributed by atoms with van der Waals surface area (Å²) in [5.74, 6) is 1.25. The Balaban J connectivity index is 1.46. The van der Waals surface area contributed by atoms with E-state index in [1.54, 1.807) is 12.5 Å². The van der Waals surface area contributed by atoms with Crippen molar-refractivity contribution < 1.29 is 0 Å². The van der Waals surface area contributed by atoms with E-state index in [0.29, 0.717) is 23.1 Å². The summed E-state index contributed by atoms with van der Waals surface area (Å²) in [6.45, 7) is 2.07. The molecule has 8 nitrogen and oxygen atoms in total. The number of nitrogen functional groups attached to an aromatic ring is 1. The number of hydrogen-bond acceptors (Lipinski definition) is 7. The van der Waals surface area contributed by atoms with Crippen molar-refractivity contribution in [3.05, 3.63) is 84.2 Å². The van der Waals surface area contributed by atoms with Crippen LogP contribution in [0, 0.1) is 0 Å². The molecule has 32 heavy (non-hydrogen) atoms. The summed E-state index contributed by atoms with van der Waals surface area (Å²) < 4.78 is 1.91. The third kappa shape index (κ3) is 3.72. The van der Waals surface area contributed by atoms with Crippen LogP contribution in [0.3, 0.4) is 0 Å². The molecule has 0 aliphatic carbocycles. The Morgan fingerprint density at radius 2 is 1.84 bits per heavy atom. The summed E-state index contributed by atoms with van der Waals surface area (Å²) >= 11 is 6.04. The summed E-state index contributed by atoms with van der Waals surface area (Å²) in [5, 5.41) is 3.58. The quantitative estimate of drug-likeness (QED) is 0.380. The van der Waals surface area contributed by atoms with Gasteiger partial charge in [0.05, 0.1) is 28.5 Å². The van der Waals surface area contributed by atoms with E-state index in [1.165, 1.54) is 6.33 Å². The maximum atomic E-state index is 6.05. The number of anilines is 2. The molecule has 0 radical (unpaired) electrons. The van der Waals surface area contributed by atoms with Crippen molar-refractivity contribution in [1.82, 2.24) is 29.5 Å². The lowest BCUT2D eigenvalue weighted by atomic mass is 10.1. The van der Waals surface area contributed by atoms with Gasteiger partial charge in [-0.25, -0.2) is 19.9 Å². The minimum atomic E-state index is 0.0682. The normalized spacial score (nSPS) is 12.1. The van der Waals surface area contributed by atoms with Gasteiger partial charge in [-0.3, -0.25) is 4.57 Å². The summed E-state index contributed by atoms with van der Waals surface area (Å²) in [6.07, 6.45) is 4.85. The number of nitrogens with zero attached hydrogens (tertiary/aromatic N) is 6. The van der Waals surface area contributed by atoms with E-state index in [0.717, 1.165) is 22.2 Å². The van der Waals surface area contributed by atoms with Gasteiger partial charge in [0.1, 0.15) is 18.5 Å². The first kappa shape index (κ1) is 19.9. The Morgan fingerprint density at radius 3 is 2.69 bits per heavy atom. The Hall–Kier alpha value is -4.04. The van der Waals surface area contributed by atoms with Crippen LogP contribution in [0.25, 0.3) is 28.1 Å². The second kappa shape index (κ2) is 8.24. The summed E-state index contributed by atoms with van der Waals surface area (Å²) in [4.78, 5) is 21.8. The fourth-order valence-electron chi connectivity index (χ4n) is 3.52. The number of halogens is 1. The molecule has 5 rings (SSSR count). The van der Waals surface area contributed by atoms with E-state index in [9.17, 15) is 0 Å². The van der Waals surface area contributed by atoms with Gasteiger partial charge < -0.3 is 11.1 Å². The van der Waals surface area contributed by atoms with Gasteiger partial charge in [0.25, 0.3) is 0 Å². The van der Waals surface area contributed by atoms with Gasteiger partial charge in [-0.1, -0.05) is 48.0 Å². The number of benzene rings is 2. The van der Waals surface area contributed by atoms with Gasteiger partial charge in [0.15, 0.2) is 5.15 Å². The highest BCUT2D eigenvalue weighted by Gasteiger charge is 2.13.